The van der Waals surface area contributed by atoms with Gasteiger partial charge in [0.2, 0.25) is 0 Å². The number of phenols is 1. The first kappa shape index (κ1) is 17.9. The first-order chi connectivity index (χ1) is 12.8. The van der Waals surface area contributed by atoms with Crippen LogP contribution in [-0.2, 0) is 4.79 Å². The molecule has 1 amide bonds. The van der Waals surface area contributed by atoms with Gasteiger partial charge in [-0.1, -0.05) is 12.2 Å². The number of amides is 1. The van der Waals surface area contributed by atoms with Gasteiger partial charge >= 0.3 is 0 Å². The molecule has 1 heterocycles. The minimum atomic E-state index is -0.637. The molecule has 0 saturated heterocycles. The van der Waals surface area contributed by atoms with Crippen molar-refractivity contribution >= 4 is 11.7 Å². The lowest BCUT2D eigenvalue weighted by molar-refractivity contribution is -0.123. The second-order valence-corrected chi connectivity index (χ2v) is 8.41. The second kappa shape index (κ2) is 6.59. The largest absolute Gasteiger partial charge is 0.507 e. The van der Waals surface area contributed by atoms with E-state index in [1.807, 2.05) is 13.8 Å². The summed E-state index contributed by atoms with van der Waals surface area (Å²) in [7, 11) is 0. The van der Waals surface area contributed by atoms with Gasteiger partial charge in [0.1, 0.15) is 28.4 Å². The number of nitrogens with one attached hydrogen (secondary N) is 1. The van der Waals surface area contributed by atoms with Crippen LogP contribution in [0.5, 0.6) is 17.2 Å². The van der Waals surface area contributed by atoms with E-state index in [4.69, 9.17) is 9.47 Å². The van der Waals surface area contributed by atoms with Gasteiger partial charge in [-0.15, -0.1) is 0 Å². The van der Waals surface area contributed by atoms with Crippen molar-refractivity contribution in [3.63, 3.8) is 0 Å². The van der Waals surface area contributed by atoms with E-state index in [0.717, 1.165) is 6.42 Å². The van der Waals surface area contributed by atoms with Gasteiger partial charge in [0, 0.05) is 18.7 Å². The molecule has 27 heavy (non-hydrogen) atoms. The highest BCUT2D eigenvalue weighted by atomic mass is 16.5. The zero-order valence-electron chi connectivity index (χ0n) is 15.7. The minimum absolute atomic E-state index is 0.147. The Balaban J connectivity index is 1.34. The highest BCUT2D eigenvalue weighted by Crippen LogP contribution is 2.43. The Kier molecular flexibility index (Phi) is 4.36. The van der Waals surface area contributed by atoms with Crippen molar-refractivity contribution in [2.75, 3.05) is 13.2 Å². The number of benzene rings is 1. The molecule has 0 spiro atoms. The van der Waals surface area contributed by atoms with Crippen molar-refractivity contribution in [3.8, 4) is 17.2 Å². The van der Waals surface area contributed by atoms with Crippen molar-refractivity contribution in [1.82, 2.24) is 5.32 Å². The molecule has 1 aromatic carbocycles. The van der Waals surface area contributed by atoms with Gasteiger partial charge in [-0.25, -0.2) is 0 Å². The first-order valence-corrected chi connectivity index (χ1v) is 9.48. The molecular formula is C21H25NO5. The summed E-state index contributed by atoms with van der Waals surface area (Å²) in [6.07, 6.45) is 7.10. The maximum atomic E-state index is 12.2. The van der Waals surface area contributed by atoms with E-state index >= 15 is 0 Å². The van der Waals surface area contributed by atoms with Crippen LogP contribution in [0, 0.1) is 17.8 Å². The summed E-state index contributed by atoms with van der Waals surface area (Å²) < 4.78 is 11.3. The number of hydrogen-bond donors (Lipinski definition) is 2. The van der Waals surface area contributed by atoms with Gasteiger partial charge in [0.25, 0.3) is 5.91 Å². The van der Waals surface area contributed by atoms with Gasteiger partial charge in [0.05, 0.1) is 6.42 Å². The molecule has 1 fully saturated rings. The zero-order valence-corrected chi connectivity index (χ0v) is 15.7. The predicted octanol–water partition coefficient (Wildman–Crippen LogP) is 2.84. The van der Waals surface area contributed by atoms with Gasteiger partial charge in [0.15, 0.2) is 12.4 Å². The third kappa shape index (κ3) is 3.66. The fourth-order valence-electron chi connectivity index (χ4n) is 4.40. The van der Waals surface area contributed by atoms with Crippen molar-refractivity contribution in [2.24, 2.45) is 17.8 Å². The van der Waals surface area contributed by atoms with Gasteiger partial charge < -0.3 is 19.9 Å². The number of hydrogen-bond acceptors (Lipinski definition) is 5. The summed E-state index contributed by atoms with van der Waals surface area (Å²) in [5.41, 5.74) is -0.461. The van der Waals surface area contributed by atoms with Crippen LogP contribution >= 0.6 is 0 Å². The summed E-state index contributed by atoms with van der Waals surface area (Å²) in [5, 5.41) is 13.1. The van der Waals surface area contributed by atoms with E-state index in [-0.39, 0.29) is 36.0 Å². The molecule has 0 radical (unpaired) electrons. The molecule has 1 saturated carbocycles. The smallest absolute Gasteiger partial charge is 0.257 e. The van der Waals surface area contributed by atoms with E-state index in [9.17, 15) is 14.7 Å². The summed E-state index contributed by atoms with van der Waals surface area (Å²) in [4.78, 5) is 24.3. The van der Waals surface area contributed by atoms with E-state index in [0.29, 0.717) is 35.8 Å². The van der Waals surface area contributed by atoms with E-state index in [1.165, 1.54) is 12.5 Å². The molecule has 3 aliphatic rings. The number of ketones is 1. The molecule has 2 aliphatic carbocycles. The lowest BCUT2D eigenvalue weighted by atomic mass is 9.92. The predicted molar refractivity (Wildman–Crippen MR) is 99.1 cm³/mol. The standard InChI is InChI=1S/C21H25NO5/c1-21(2)9-17(24)20-16(23)7-15(8-18(20)27-21)26-11-19(25)22-10-14-6-12-3-4-13(14)5-12/h3-4,7-8,12-14,23H,5-6,9-11H2,1-2H3,(H,22,25)/t12-,13+,14-/m1/s1. The van der Waals surface area contributed by atoms with Crippen molar-refractivity contribution < 1.29 is 24.2 Å². The number of phenolic OH excluding ortho intramolecular Hbond substituents is 1. The van der Waals surface area contributed by atoms with Crippen LogP contribution in [0.25, 0.3) is 0 Å². The average molecular weight is 371 g/mol. The van der Waals surface area contributed by atoms with Gasteiger partial charge in [-0.2, -0.15) is 0 Å². The molecule has 6 heteroatoms. The highest BCUT2D eigenvalue weighted by molar-refractivity contribution is 6.03. The summed E-state index contributed by atoms with van der Waals surface area (Å²) >= 11 is 0. The van der Waals surface area contributed by atoms with Crippen molar-refractivity contribution in [3.05, 3.63) is 29.8 Å². The second-order valence-electron chi connectivity index (χ2n) is 8.41. The third-order valence-corrected chi connectivity index (χ3v) is 5.65. The van der Waals surface area contributed by atoms with Crippen LogP contribution < -0.4 is 14.8 Å². The maximum Gasteiger partial charge on any atom is 0.257 e. The topological polar surface area (TPSA) is 84.9 Å². The SMILES string of the molecule is CC1(C)CC(=O)c2c(O)cc(OCC(=O)NC[C@H]3C[C@@H]4C=C[C@H]3C4)cc2O1. The summed E-state index contributed by atoms with van der Waals surface area (Å²) in [5.74, 6) is 1.83. The van der Waals surface area contributed by atoms with Crippen LogP contribution in [0.1, 0.15) is 43.5 Å². The lowest BCUT2D eigenvalue weighted by Gasteiger charge is -2.32. The number of rotatable bonds is 5. The van der Waals surface area contributed by atoms with Crippen molar-refractivity contribution in [1.29, 1.82) is 0 Å². The fourth-order valence-corrected chi connectivity index (χ4v) is 4.40. The lowest BCUT2D eigenvalue weighted by Crippen LogP contribution is -2.36. The molecule has 1 aliphatic heterocycles. The molecular weight excluding hydrogens is 346 g/mol. The quantitative estimate of drug-likeness (QED) is 0.778. The van der Waals surface area contributed by atoms with Crippen LogP contribution in [0.4, 0.5) is 0 Å². The van der Waals surface area contributed by atoms with Gasteiger partial charge in [-0.3, -0.25) is 9.59 Å². The highest BCUT2D eigenvalue weighted by Gasteiger charge is 2.36. The molecule has 0 unspecified atom stereocenters. The monoisotopic (exact) mass is 371 g/mol. The first-order valence-electron chi connectivity index (χ1n) is 9.48. The van der Waals surface area contributed by atoms with E-state index in [1.54, 1.807) is 6.07 Å². The van der Waals surface area contributed by atoms with Crippen molar-refractivity contribution in [2.45, 2.75) is 38.7 Å². The number of allylic oxidation sites excluding steroid dienone is 2. The Morgan fingerprint density at radius 1 is 1.33 bits per heavy atom. The number of aromatic hydroxyl groups is 1. The Morgan fingerprint density at radius 3 is 2.85 bits per heavy atom. The molecule has 2 N–H and O–H groups in total. The van der Waals surface area contributed by atoms with E-state index in [2.05, 4.69) is 17.5 Å². The molecule has 3 atom stereocenters. The molecule has 6 nitrogen and oxygen atoms in total. The van der Waals surface area contributed by atoms with Gasteiger partial charge in [-0.05, 0) is 44.4 Å². The third-order valence-electron chi connectivity index (χ3n) is 5.65. The number of carbonyl (C=O) groups is 2. The Bertz CT molecular complexity index is 813. The van der Waals surface area contributed by atoms with Crippen LogP contribution in [0.15, 0.2) is 24.3 Å². The van der Waals surface area contributed by atoms with Crippen LogP contribution in [0.3, 0.4) is 0 Å². The minimum Gasteiger partial charge on any atom is -0.507 e. The number of carbonyl (C=O) groups excluding carboxylic acids is 2. The van der Waals surface area contributed by atoms with E-state index < -0.39 is 5.60 Å². The average Bonchev–Trinajstić information content (AvgIpc) is 3.19. The molecule has 2 bridgehead atoms. The van der Waals surface area contributed by atoms with Crippen LogP contribution in [0.2, 0.25) is 0 Å². The van der Waals surface area contributed by atoms with Crippen LogP contribution in [-0.4, -0.2) is 35.5 Å². The molecule has 0 aromatic heterocycles. The number of ether oxygens (including phenoxy) is 2. The Morgan fingerprint density at radius 2 is 2.15 bits per heavy atom. The Labute approximate surface area is 158 Å². The zero-order chi connectivity index (χ0) is 19.2. The summed E-state index contributed by atoms with van der Waals surface area (Å²) in [6.45, 7) is 4.15. The molecule has 4 rings (SSSR count). The Hall–Kier alpha value is -2.50. The normalized spacial score (nSPS) is 27.2. The summed E-state index contributed by atoms with van der Waals surface area (Å²) in [6, 6.07) is 2.91. The molecule has 1 aromatic rings. The fraction of sp³-hybridized carbons (Fsp3) is 0.524. The number of fused-ring (bicyclic) bond motifs is 3. The number of Topliss-reactive ketones (excluding diaryl/α,β-unsaturated/α-hetero) is 1. The molecule has 144 valence electrons. The maximum absolute atomic E-state index is 12.2.